The van der Waals surface area contributed by atoms with E-state index in [4.69, 9.17) is 23.2 Å². The Morgan fingerprint density at radius 1 is 1.33 bits per heavy atom. The van der Waals surface area contributed by atoms with Crippen LogP contribution in [0, 0.1) is 6.92 Å². The van der Waals surface area contributed by atoms with Gasteiger partial charge in [-0.2, -0.15) is 5.10 Å². The maximum absolute atomic E-state index is 6.42. The molecule has 3 nitrogen and oxygen atoms in total. The van der Waals surface area contributed by atoms with Gasteiger partial charge in [-0.1, -0.05) is 30.9 Å². The predicted molar refractivity (Wildman–Crippen MR) is 76.3 cm³/mol. The van der Waals surface area contributed by atoms with Gasteiger partial charge in [-0.15, -0.1) is 11.6 Å². The third kappa shape index (κ3) is 3.19. The van der Waals surface area contributed by atoms with Crippen molar-refractivity contribution in [2.45, 2.75) is 57.0 Å². The van der Waals surface area contributed by atoms with Crippen molar-refractivity contribution in [2.75, 3.05) is 0 Å². The van der Waals surface area contributed by atoms with E-state index >= 15 is 0 Å². The predicted octanol–water partition coefficient (Wildman–Crippen LogP) is 3.41. The Morgan fingerprint density at radius 2 is 2.06 bits per heavy atom. The number of rotatable bonds is 3. The van der Waals surface area contributed by atoms with E-state index < -0.39 is 0 Å². The van der Waals surface area contributed by atoms with Crippen LogP contribution in [0.4, 0.5) is 0 Å². The van der Waals surface area contributed by atoms with Gasteiger partial charge in [0.2, 0.25) is 0 Å². The summed E-state index contributed by atoms with van der Waals surface area (Å²) in [5, 5.41) is 8.87. The highest BCUT2D eigenvalue weighted by Gasteiger charge is 2.22. The molecule has 1 aliphatic rings. The molecular weight excluding hydrogens is 269 g/mol. The summed E-state index contributed by atoms with van der Waals surface area (Å²) in [5.74, 6) is 0. The molecule has 0 saturated heterocycles. The molecule has 0 radical (unpaired) electrons. The molecule has 0 aromatic carbocycles. The highest BCUT2D eigenvalue weighted by Crippen LogP contribution is 2.24. The van der Waals surface area contributed by atoms with Gasteiger partial charge in [0.05, 0.1) is 16.4 Å². The zero-order valence-electron chi connectivity index (χ0n) is 11.0. The molecular formula is C13H21Cl2N3. The Hall–Kier alpha value is -0.250. The molecule has 102 valence electrons. The number of nitrogens with one attached hydrogen (secondary N) is 1. The first kappa shape index (κ1) is 14.2. The Kier molecular flexibility index (Phi) is 4.93. The average molecular weight is 290 g/mol. The molecule has 1 aliphatic carbocycles. The monoisotopic (exact) mass is 289 g/mol. The highest BCUT2D eigenvalue weighted by molar-refractivity contribution is 6.31. The van der Waals surface area contributed by atoms with Crippen molar-refractivity contribution >= 4 is 23.2 Å². The van der Waals surface area contributed by atoms with Crippen molar-refractivity contribution in [3.63, 3.8) is 0 Å². The van der Waals surface area contributed by atoms with Crippen molar-refractivity contribution in [3.8, 4) is 0 Å². The first-order valence-corrected chi connectivity index (χ1v) is 7.46. The minimum atomic E-state index is 0.237. The van der Waals surface area contributed by atoms with E-state index in [-0.39, 0.29) is 5.38 Å². The molecule has 1 N–H and O–H groups in total. The quantitative estimate of drug-likeness (QED) is 0.683. The third-order valence-electron chi connectivity index (χ3n) is 3.72. The van der Waals surface area contributed by atoms with Crippen LogP contribution in [0.25, 0.3) is 0 Å². The summed E-state index contributed by atoms with van der Waals surface area (Å²) >= 11 is 12.7. The molecule has 0 aliphatic heterocycles. The Labute approximate surface area is 119 Å². The van der Waals surface area contributed by atoms with Crippen molar-refractivity contribution in [1.29, 1.82) is 0 Å². The normalized spacial score (nSPS) is 25.1. The summed E-state index contributed by atoms with van der Waals surface area (Å²) in [6, 6.07) is 0.389. The summed E-state index contributed by atoms with van der Waals surface area (Å²) in [7, 11) is 1.93. The minimum Gasteiger partial charge on any atom is -0.307 e. The van der Waals surface area contributed by atoms with Crippen molar-refractivity contribution in [1.82, 2.24) is 15.1 Å². The van der Waals surface area contributed by atoms with Gasteiger partial charge >= 0.3 is 0 Å². The summed E-state index contributed by atoms with van der Waals surface area (Å²) in [5.41, 5.74) is 1.93. The minimum absolute atomic E-state index is 0.237. The number of nitrogens with zero attached hydrogens (tertiary/aromatic N) is 2. The summed E-state index contributed by atoms with van der Waals surface area (Å²) < 4.78 is 1.85. The maximum Gasteiger partial charge on any atom is 0.0860 e. The molecule has 2 unspecified atom stereocenters. The lowest BCUT2D eigenvalue weighted by Crippen LogP contribution is -2.36. The number of alkyl halides is 1. The van der Waals surface area contributed by atoms with Gasteiger partial charge in [0.1, 0.15) is 0 Å². The highest BCUT2D eigenvalue weighted by atomic mass is 35.5. The van der Waals surface area contributed by atoms with E-state index in [2.05, 4.69) is 10.4 Å². The van der Waals surface area contributed by atoms with Gasteiger partial charge in [0.25, 0.3) is 0 Å². The Bertz CT molecular complexity index is 403. The first-order chi connectivity index (χ1) is 8.59. The largest absolute Gasteiger partial charge is 0.307 e. The van der Waals surface area contributed by atoms with Crippen LogP contribution in [-0.2, 0) is 13.6 Å². The maximum atomic E-state index is 6.42. The average Bonchev–Trinajstić information content (AvgIpc) is 2.51. The Balaban J connectivity index is 1.97. The van der Waals surface area contributed by atoms with Crippen LogP contribution < -0.4 is 5.32 Å². The lowest BCUT2D eigenvalue weighted by molar-refractivity contribution is 0.455. The SMILES string of the molecule is Cc1nn(C)c(CNC2CCCCCC2Cl)c1Cl. The van der Waals surface area contributed by atoms with Crippen molar-refractivity contribution in [3.05, 3.63) is 16.4 Å². The van der Waals surface area contributed by atoms with Crippen LogP contribution in [-0.4, -0.2) is 21.2 Å². The van der Waals surface area contributed by atoms with Gasteiger partial charge < -0.3 is 5.32 Å². The molecule has 2 atom stereocenters. The molecule has 18 heavy (non-hydrogen) atoms. The molecule has 0 amide bonds. The number of aryl methyl sites for hydroxylation is 2. The van der Waals surface area contributed by atoms with E-state index in [0.717, 1.165) is 35.8 Å². The van der Waals surface area contributed by atoms with Crippen molar-refractivity contribution < 1.29 is 0 Å². The fraction of sp³-hybridized carbons (Fsp3) is 0.769. The molecule has 5 heteroatoms. The summed E-state index contributed by atoms with van der Waals surface area (Å²) in [4.78, 5) is 0. The van der Waals surface area contributed by atoms with E-state index in [9.17, 15) is 0 Å². The zero-order chi connectivity index (χ0) is 13.1. The number of hydrogen-bond acceptors (Lipinski definition) is 2. The molecule has 1 heterocycles. The van der Waals surface area contributed by atoms with Crippen LogP contribution in [0.2, 0.25) is 5.02 Å². The second-order valence-corrected chi connectivity index (χ2v) is 6.05. The molecule has 0 spiro atoms. The van der Waals surface area contributed by atoms with Crippen LogP contribution in [0.15, 0.2) is 0 Å². The van der Waals surface area contributed by atoms with Crippen LogP contribution >= 0.6 is 23.2 Å². The second kappa shape index (κ2) is 6.27. The fourth-order valence-electron chi connectivity index (χ4n) is 2.59. The standard InChI is InChI=1S/C13H21Cl2N3/c1-9-13(15)12(18(2)17-9)8-16-11-7-5-3-4-6-10(11)14/h10-11,16H,3-8H2,1-2H3. The van der Waals surface area contributed by atoms with Crippen LogP contribution in [0.5, 0.6) is 0 Å². The van der Waals surface area contributed by atoms with Gasteiger partial charge in [0, 0.05) is 25.0 Å². The summed E-state index contributed by atoms with van der Waals surface area (Å²) in [6.07, 6.45) is 6.07. The number of halogens is 2. The van der Waals surface area contributed by atoms with Gasteiger partial charge in [0.15, 0.2) is 0 Å². The lowest BCUT2D eigenvalue weighted by atomic mass is 10.1. The lowest BCUT2D eigenvalue weighted by Gasteiger charge is -2.21. The smallest absolute Gasteiger partial charge is 0.0860 e. The number of aromatic nitrogens is 2. The second-order valence-electron chi connectivity index (χ2n) is 5.11. The molecule has 2 rings (SSSR count). The van der Waals surface area contributed by atoms with Gasteiger partial charge in [-0.05, 0) is 19.8 Å². The number of hydrogen-bond donors (Lipinski definition) is 1. The summed E-state index contributed by atoms with van der Waals surface area (Å²) in [6.45, 7) is 2.67. The molecule has 1 saturated carbocycles. The third-order valence-corrected chi connectivity index (χ3v) is 4.74. The van der Waals surface area contributed by atoms with Gasteiger partial charge in [-0.3, -0.25) is 4.68 Å². The van der Waals surface area contributed by atoms with Gasteiger partial charge in [-0.25, -0.2) is 0 Å². The fourth-order valence-corrected chi connectivity index (χ4v) is 3.19. The zero-order valence-corrected chi connectivity index (χ0v) is 12.6. The molecule has 0 bridgehead atoms. The van der Waals surface area contributed by atoms with Crippen molar-refractivity contribution in [2.24, 2.45) is 7.05 Å². The molecule has 1 aromatic rings. The van der Waals surface area contributed by atoms with Crippen LogP contribution in [0.3, 0.4) is 0 Å². The van der Waals surface area contributed by atoms with E-state index in [1.165, 1.54) is 19.3 Å². The van der Waals surface area contributed by atoms with E-state index in [1.807, 2.05) is 18.7 Å². The Morgan fingerprint density at radius 3 is 2.72 bits per heavy atom. The van der Waals surface area contributed by atoms with Crippen LogP contribution in [0.1, 0.15) is 43.5 Å². The molecule has 1 aromatic heterocycles. The first-order valence-electron chi connectivity index (χ1n) is 6.65. The molecule has 1 fully saturated rings. The van der Waals surface area contributed by atoms with E-state index in [0.29, 0.717) is 6.04 Å². The topological polar surface area (TPSA) is 29.9 Å². The van der Waals surface area contributed by atoms with E-state index in [1.54, 1.807) is 0 Å².